The zero-order valence-corrected chi connectivity index (χ0v) is 15.6. The molecule has 0 saturated heterocycles. The summed E-state index contributed by atoms with van der Waals surface area (Å²) in [5.41, 5.74) is 2.31. The molecular formula is C16H18Cl2O2Zr. The SMILES string of the molecule is Oc1ccc(C[CH2][Zr]([Cl])([Cl])[CH2]Cc2ccc(O)cc2)cc1. The van der Waals surface area contributed by atoms with Gasteiger partial charge in [0.15, 0.2) is 0 Å². The van der Waals surface area contributed by atoms with Crippen LogP contribution in [0.4, 0.5) is 0 Å². The molecule has 5 heteroatoms. The first-order valence-corrected chi connectivity index (χ1v) is 16.7. The molecule has 0 aromatic heterocycles. The van der Waals surface area contributed by atoms with E-state index in [1.165, 1.54) is 0 Å². The van der Waals surface area contributed by atoms with Crippen LogP contribution in [-0.2, 0) is 30.7 Å². The molecule has 0 amide bonds. The van der Waals surface area contributed by atoms with E-state index in [4.69, 9.17) is 17.0 Å². The molecule has 2 rings (SSSR count). The molecular weight excluding hydrogens is 386 g/mol. The Balaban J connectivity index is 1.83. The van der Waals surface area contributed by atoms with Gasteiger partial charge in [0.25, 0.3) is 0 Å². The summed E-state index contributed by atoms with van der Waals surface area (Å²) in [6.07, 6.45) is 1.72. The second-order valence-electron chi connectivity index (χ2n) is 5.19. The molecule has 2 nitrogen and oxygen atoms in total. The summed E-state index contributed by atoms with van der Waals surface area (Å²) in [6, 6.07) is 14.4. The Kier molecular flexibility index (Phi) is 6.16. The number of aryl methyl sites for hydroxylation is 2. The summed E-state index contributed by atoms with van der Waals surface area (Å²) >= 11 is -3.04. The van der Waals surface area contributed by atoms with Gasteiger partial charge in [0, 0.05) is 0 Å². The van der Waals surface area contributed by atoms with Crippen LogP contribution in [-0.4, -0.2) is 10.2 Å². The van der Waals surface area contributed by atoms with Crippen LogP contribution >= 0.6 is 17.0 Å². The van der Waals surface area contributed by atoms with Crippen LogP contribution in [0.3, 0.4) is 0 Å². The molecule has 2 N–H and O–H groups in total. The molecule has 0 aliphatic heterocycles. The second-order valence-corrected chi connectivity index (χ2v) is 21.6. The standard InChI is InChI=1S/2C8H9O.2ClH.Zr/c2*1-2-7-3-5-8(9)6-4-7;;;/h2*3-6,9H,1-2H2;2*1H;/q;;;;+2/p-2. The van der Waals surface area contributed by atoms with Crippen molar-refractivity contribution in [1.82, 2.24) is 0 Å². The first-order chi connectivity index (χ1) is 9.94. The molecule has 2 aromatic carbocycles. The number of hydrogen-bond acceptors (Lipinski definition) is 2. The third-order valence-corrected chi connectivity index (χ3v) is 12.7. The summed E-state index contributed by atoms with van der Waals surface area (Å²) < 4.78 is 1.72. The first-order valence-electron chi connectivity index (χ1n) is 6.88. The van der Waals surface area contributed by atoms with Crippen LogP contribution in [0.15, 0.2) is 48.5 Å². The minimum absolute atomic E-state index is 0.276. The Morgan fingerprint density at radius 3 is 1.33 bits per heavy atom. The van der Waals surface area contributed by atoms with Crippen molar-refractivity contribution in [3.05, 3.63) is 59.7 Å². The fraction of sp³-hybridized carbons (Fsp3) is 0.250. The molecule has 0 atom stereocenters. The second kappa shape index (κ2) is 7.67. The van der Waals surface area contributed by atoms with E-state index in [1.807, 2.05) is 24.3 Å². The van der Waals surface area contributed by atoms with Crippen molar-refractivity contribution in [2.75, 3.05) is 0 Å². The third-order valence-electron chi connectivity index (χ3n) is 3.43. The van der Waals surface area contributed by atoms with E-state index < -0.39 is 17.9 Å². The molecule has 0 heterocycles. The zero-order chi connectivity index (χ0) is 15.3. The van der Waals surface area contributed by atoms with E-state index in [9.17, 15) is 10.2 Å². The van der Waals surface area contributed by atoms with Crippen molar-refractivity contribution in [3.8, 4) is 11.5 Å². The van der Waals surface area contributed by atoms with Crippen molar-refractivity contribution < 1.29 is 28.1 Å². The first kappa shape index (κ1) is 16.9. The van der Waals surface area contributed by atoms with E-state index in [1.54, 1.807) is 24.3 Å². The van der Waals surface area contributed by atoms with E-state index in [2.05, 4.69) is 0 Å². The number of hydrogen-bond donors (Lipinski definition) is 2. The van der Waals surface area contributed by atoms with E-state index in [0.29, 0.717) is 0 Å². The Morgan fingerprint density at radius 2 is 1.00 bits per heavy atom. The van der Waals surface area contributed by atoms with Gasteiger partial charge in [-0.05, 0) is 0 Å². The average molecular weight is 404 g/mol. The van der Waals surface area contributed by atoms with Crippen LogP contribution in [0.2, 0.25) is 8.26 Å². The number of phenols is 2. The number of aromatic hydroxyl groups is 2. The van der Waals surface area contributed by atoms with E-state index in [-0.39, 0.29) is 11.5 Å². The third kappa shape index (κ3) is 6.02. The van der Waals surface area contributed by atoms with Gasteiger partial charge in [-0.2, -0.15) is 0 Å². The van der Waals surface area contributed by atoms with Gasteiger partial charge in [0.05, 0.1) is 0 Å². The predicted molar refractivity (Wildman–Crippen MR) is 84.9 cm³/mol. The van der Waals surface area contributed by atoms with E-state index >= 15 is 0 Å². The van der Waals surface area contributed by atoms with Crippen LogP contribution in [0.1, 0.15) is 11.1 Å². The van der Waals surface area contributed by atoms with Crippen molar-refractivity contribution in [2.24, 2.45) is 0 Å². The number of rotatable bonds is 6. The Morgan fingerprint density at radius 1 is 0.667 bits per heavy atom. The maximum absolute atomic E-state index is 9.26. The monoisotopic (exact) mass is 402 g/mol. The zero-order valence-electron chi connectivity index (χ0n) is 11.6. The molecule has 0 aliphatic carbocycles. The van der Waals surface area contributed by atoms with Crippen molar-refractivity contribution in [3.63, 3.8) is 0 Å². The Labute approximate surface area is 136 Å². The number of phenolic OH excluding ortho intramolecular Hbond substituents is 2. The average Bonchev–Trinajstić information content (AvgIpc) is 2.46. The van der Waals surface area contributed by atoms with Crippen molar-refractivity contribution in [2.45, 2.75) is 21.1 Å². The molecule has 0 radical (unpaired) electrons. The van der Waals surface area contributed by atoms with Gasteiger partial charge in [-0.25, -0.2) is 0 Å². The summed E-state index contributed by atoms with van der Waals surface area (Å²) in [4.78, 5) is 0. The molecule has 2 aromatic rings. The van der Waals surface area contributed by atoms with Gasteiger partial charge in [-0.1, -0.05) is 0 Å². The summed E-state index contributed by atoms with van der Waals surface area (Å²) in [5, 5.41) is 18.5. The van der Waals surface area contributed by atoms with Crippen molar-refractivity contribution >= 4 is 17.0 Å². The molecule has 21 heavy (non-hydrogen) atoms. The maximum atomic E-state index is 9.26. The molecule has 0 saturated carbocycles. The van der Waals surface area contributed by atoms with Gasteiger partial charge in [0.2, 0.25) is 0 Å². The molecule has 0 spiro atoms. The Hall–Kier alpha value is -0.497. The number of halogens is 2. The van der Waals surface area contributed by atoms with Crippen LogP contribution in [0.5, 0.6) is 11.5 Å². The van der Waals surface area contributed by atoms with Crippen LogP contribution < -0.4 is 0 Å². The van der Waals surface area contributed by atoms with E-state index in [0.717, 1.165) is 32.2 Å². The van der Waals surface area contributed by atoms with Crippen LogP contribution in [0.25, 0.3) is 0 Å². The van der Waals surface area contributed by atoms with Gasteiger partial charge in [-0.3, -0.25) is 0 Å². The summed E-state index contributed by atoms with van der Waals surface area (Å²) in [6.45, 7) is 0. The van der Waals surface area contributed by atoms with Gasteiger partial charge in [-0.15, -0.1) is 0 Å². The normalized spacial score (nSPS) is 11.5. The van der Waals surface area contributed by atoms with Gasteiger partial charge in [0.1, 0.15) is 0 Å². The predicted octanol–water partition coefficient (Wildman–Crippen LogP) is 5.18. The molecule has 0 aliphatic rings. The van der Waals surface area contributed by atoms with Gasteiger partial charge >= 0.3 is 137 Å². The molecule has 0 fully saturated rings. The topological polar surface area (TPSA) is 40.5 Å². The summed E-state index contributed by atoms with van der Waals surface area (Å²) in [5.74, 6) is 0.551. The molecule has 112 valence electrons. The minimum atomic E-state index is -3.04. The van der Waals surface area contributed by atoms with Crippen molar-refractivity contribution in [1.29, 1.82) is 0 Å². The molecule has 0 bridgehead atoms. The van der Waals surface area contributed by atoms with Gasteiger partial charge < -0.3 is 0 Å². The fourth-order valence-electron chi connectivity index (χ4n) is 2.10. The van der Waals surface area contributed by atoms with Crippen LogP contribution in [0, 0.1) is 0 Å². The Bertz CT molecular complexity index is 516. The quantitative estimate of drug-likeness (QED) is 0.696. The molecule has 0 unspecified atom stereocenters. The summed E-state index contributed by atoms with van der Waals surface area (Å²) in [7, 11) is 13.2. The number of benzene rings is 2. The fourth-order valence-corrected chi connectivity index (χ4v) is 8.17.